The molecule has 1 aliphatic heterocycles. The Morgan fingerprint density at radius 1 is 0.778 bits per heavy atom. The highest BCUT2D eigenvalue weighted by Gasteiger charge is 2.24. The Morgan fingerprint density at radius 3 is 2.11 bits per heavy atom. The van der Waals surface area contributed by atoms with E-state index in [0.29, 0.717) is 32.5 Å². The Balaban J connectivity index is 1.22. The predicted octanol–water partition coefficient (Wildman–Crippen LogP) is 4.75. The van der Waals surface area contributed by atoms with Crippen molar-refractivity contribution in [3.8, 4) is 11.8 Å². The van der Waals surface area contributed by atoms with Crippen LogP contribution in [0.2, 0.25) is 0 Å². The zero-order chi connectivity index (χ0) is 18.6. The van der Waals surface area contributed by atoms with E-state index in [0.717, 1.165) is 25.7 Å². The lowest BCUT2D eigenvalue weighted by molar-refractivity contribution is -0.0213. The van der Waals surface area contributed by atoms with Crippen LogP contribution in [-0.2, 0) is 27.4 Å². The van der Waals surface area contributed by atoms with Crippen LogP contribution in [-0.4, -0.2) is 25.4 Å². The molecule has 0 aliphatic carbocycles. The van der Waals surface area contributed by atoms with Crippen LogP contribution in [0.5, 0.6) is 0 Å². The molecule has 1 saturated heterocycles. The minimum atomic E-state index is 0.223. The van der Waals surface area contributed by atoms with E-state index in [2.05, 4.69) is 36.1 Å². The van der Waals surface area contributed by atoms with Gasteiger partial charge in [-0.2, -0.15) is 0 Å². The molecule has 142 valence electrons. The Labute approximate surface area is 162 Å². The second kappa shape index (κ2) is 11.6. The second-order valence-corrected chi connectivity index (χ2v) is 6.83. The fourth-order valence-electron chi connectivity index (χ4n) is 3.16. The Bertz CT molecular complexity index is 703. The molecule has 3 heteroatoms. The highest BCUT2D eigenvalue weighted by Crippen LogP contribution is 2.23. The van der Waals surface area contributed by atoms with Crippen molar-refractivity contribution >= 4 is 0 Å². The van der Waals surface area contributed by atoms with E-state index in [1.165, 1.54) is 11.1 Å². The van der Waals surface area contributed by atoms with Crippen LogP contribution in [0.25, 0.3) is 0 Å². The van der Waals surface area contributed by atoms with E-state index in [1.54, 1.807) is 0 Å². The van der Waals surface area contributed by atoms with Crippen molar-refractivity contribution in [2.75, 3.05) is 13.2 Å². The largest absolute Gasteiger partial charge is 0.374 e. The standard InChI is InChI=1S/C24H28O3/c1-4-10-21(11-5-1)18-25-17-9-3-8-14-23-15-16-24(27-23)20-26-19-22-12-6-2-7-13-22/h1-2,4-7,10-13,23-24H,8,14-20H2/t23-,24-/m1/s1. The summed E-state index contributed by atoms with van der Waals surface area (Å²) in [5.41, 5.74) is 2.39. The summed E-state index contributed by atoms with van der Waals surface area (Å²) >= 11 is 0. The molecule has 0 unspecified atom stereocenters. The molecule has 1 aliphatic rings. The fraction of sp³-hybridized carbons (Fsp3) is 0.417. The van der Waals surface area contributed by atoms with E-state index in [4.69, 9.17) is 14.2 Å². The van der Waals surface area contributed by atoms with Crippen LogP contribution in [0.15, 0.2) is 60.7 Å². The molecule has 2 atom stereocenters. The average Bonchev–Trinajstić information content (AvgIpc) is 3.16. The third kappa shape index (κ3) is 7.56. The van der Waals surface area contributed by atoms with Gasteiger partial charge in [0, 0.05) is 6.42 Å². The number of hydrogen-bond donors (Lipinski definition) is 0. The minimum Gasteiger partial charge on any atom is -0.374 e. The lowest BCUT2D eigenvalue weighted by atomic mass is 10.1. The van der Waals surface area contributed by atoms with Gasteiger partial charge < -0.3 is 14.2 Å². The van der Waals surface area contributed by atoms with Gasteiger partial charge in [-0.05, 0) is 30.4 Å². The van der Waals surface area contributed by atoms with Crippen molar-refractivity contribution in [2.45, 2.75) is 51.1 Å². The molecule has 1 fully saturated rings. The Morgan fingerprint density at radius 2 is 1.41 bits per heavy atom. The third-order valence-corrected chi connectivity index (χ3v) is 4.61. The first-order valence-electron chi connectivity index (χ1n) is 9.74. The van der Waals surface area contributed by atoms with Gasteiger partial charge in [-0.25, -0.2) is 0 Å². The molecule has 0 bridgehead atoms. The summed E-state index contributed by atoms with van der Waals surface area (Å²) in [6.45, 7) is 2.42. The summed E-state index contributed by atoms with van der Waals surface area (Å²) in [5, 5.41) is 0. The molecule has 0 N–H and O–H groups in total. The van der Waals surface area contributed by atoms with Gasteiger partial charge in [0.15, 0.2) is 0 Å². The van der Waals surface area contributed by atoms with Crippen LogP contribution in [0, 0.1) is 11.8 Å². The summed E-state index contributed by atoms with van der Waals surface area (Å²) < 4.78 is 17.4. The van der Waals surface area contributed by atoms with Gasteiger partial charge in [-0.1, -0.05) is 66.6 Å². The number of benzene rings is 2. The van der Waals surface area contributed by atoms with Gasteiger partial charge in [-0.15, -0.1) is 5.92 Å². The molecule has 1 heterocycles. The van der Waals surface area contributed by atoms with Crippen molar-refractivity contribution in [2.24, 2.45) is 0 Å². The predicted molar refractivity (Wildman–Crippen MR) is 107 cm³/mol. The molecule has 2 aromatic carbocycles. The molecular formula is C24H28O3. The Kier molecular flexibility index (Phi) is 8.41. The normalized spacial score (nSPS) is 18.8. The van der Waals surface area contributed by atoms with Crippen molar-refractivity contribution in [3.63, 3.8) is 0 Å². The molecule has 0 saturated carbocycles. The maximum absolute atomic E-state index is 6.06. The second-order valence-electron chi connectivity index (χ2n) is 6.83. The van der Waals surface area contributed by atoms with Gasteiger partial charge in [0.1, 0.15) is 6.61 Å². The lowest BCUT2D eigenvalue weighted by Gasteiger charge is -2.13. The van der Waals surface area contributed by atoms with Gasteiger partial charge in [0.2, 0.25) is 0 Å². The number of hydrogen-bond acceptors (Lipinski definition) is 3. The third-order valence-electron chi connectivity index (χ3n) is 4.61. The number of ether oxygens (including phenoxy) is 3. The molecule has 0 aromatic heterocycles. The van der Waals surface area contributed by atoms with Crippen molar-refractivity contribution in [3.05, 3.63) is 71.8 Å². The minimum absolute atomic E-state index is 0.223. The molecule has 0 amide bonds. The summed E-state index contributed by atoms with van der Waals surface area (Å²) in [6.07, 6.45) is 4.56. The topological polar surface area (TPSA) is 27.7 Å². The van der Waals surface area contributed by atoms with Crippen molar-refractivity contribution < 1.29 is 14.2 Å². The van der Waals surface area contributed by atoms with E-state index in [1.807, 2.05) is 36.4 Å². The van der Waals surface area contributed by atoms with Crippen LogP contribution < -0.4 is 0 Å². The summed E-state index contributed by atoms with van der Waals surface area (Å²) in [7, 11) is 0. The molecule has 2 aromatic rings. The lowest BCUT2D eigenvalue weighted by Crippen LogP contribution is -2.16. The molecule has 27 heavy (non-hydrogen) atoms. The maximum atomic E-state index is 6.06. The first-order chi connectivity index (χ1) is 13.4. The zero-order valence-corrected chi connectivity index (χ0v) is 15.8. The van der Waals surface area contributed by atoms with Gasteiger partial charge in [0.25, 0.3) is 0 Å². The highest BCUT2D eigenvalue weighted by atomic mass is 16.5. The van der Waals surface area contributed by atoms with Gasteiger partial charge in [-0.3, -0.25) is 0 Å². The molecule has 0 spiro atoms. The highest BCUT2D eigenvalue weighted by molar-refractivity contribution is 5.14. The van der Waals surface area contributed by atoms with E-state index in [9.17, 15) is 0 Å². The average molecular weight is 364 g/mol. The summed E-state index contributed by atoms with van der Waals surface area (Å²) in [4.78, 5) is 0. The fourth-order valence-corrected chi connectivity index (χ4v) is 3.16. The van der Waals surface area contributed by atoms with Gasteiger partial charge >= 0.3 is 0 Å². The van der Waals surface area contributed by atoms with E-state index < -0.39 is 0 Å². The van der Waals surface area contributed by atoms with Gasteiger partial charge in [0.05, 0.1) is 32.0 Å². The zero-order valence-electron chi connectivity index (χ0n) is 15.8. The molecular weight excluding hydrogens is 336 g/mol. The van der Waals surface area contributed by atoms with E-state index >= 15 is 0 Å². The van der Waals surface area contributed by atoms with E-state index in [-0.39, 0.29) is 6.10 Å². The van der Waals surface area contributed by atoms with Crippen LogP contribution in [0.3, 0.4) is 0 Å². The van der Waals surface area contributed by atoms with Crippen LogP contribution >= 0.6 is 0 Å². The van der Waals surface area contributed by atoms with Crippen molar-refractivity contribution in [1.82, 2.24) is 0 Å². The van der Waals surface area contributed by atoms with Crippen LogP contribution in [0.1, 0.15) is 36.8 Å². The summed E-state index contributed by atoms with van der Waals surface area (Å²) in [5.74, 6) is 6.28. The van der Waals surface area contributed by atoms with Crippen molar-refractivity contribution in [1.29, 1.82) is 0 Å². The smallest absolute Gasteiger partial charge is 0.108 e. The first-order valence-corrected chi connectivity index (χ1v) is 9.74. The molecule has 3 nitrogen and oxygen atoms in total. The first kappa shape index (κ1) is 19.6. The Hall–Kier alpha value is -2.12. The SMILES string of the molecule is C(#CCOCc1ccccc1)CC[C@@H]1CC[C@H](COCc2ccccc2)O1. The summed E-state index contributed by atoms with van der Waals surface area (Å²) in [6, 6.07) is 20.4. The number of rotatable bonds is 9. The quantitative estimate of drug-likeness (QED) is 0.475. The van der Waals surface area contributed by atoms with Crippen LogP contribution in [0.4, 0.5) is 0 Å². The molecule has 3 rings (SSSR count). The maximum Gasteiger partial charge on any atom is 0.108 e. The monoisotopic (exact) mass is 364 g/mol. The molecule has 0 radical (unpaired) electrons.